The number of carbonyl (C=O) groups excluding carboxylic acids is 1. The highest BCUT2D eigenvalue weighted by atomic mass is 19.3. The molecule has 0 saturated heterocycles. The van der Waals surface area contributed by atoms with Gasteiger partial charge in [0.1, 0.15) is 6.04 Å². The second-order valence-electron chi connectivity index (χ2n) is 5.15. The molecular formula is C14H21F2N3O. The van der Waals surface area contributed by atoms with Crippen LogP contribution in [0, 0.1) is 5.92 Å². The van der Waals surface area contributed by atoms with Gasteiger partial charge in [-0.1, -0.05) is 13.8 Å². The lowest BCUT2D eigenvalue weighted by Crippen LogP contribution is -2.39. The Kier molecular flexibility index (Phi) is 5.73. The van der Waals surface area contributed by atoms with Crippen LogP contribution >= 0.6 is 0 Å². The molecule has 0 saturated carbocycles. The van der Waals surface area contributed by atoms with Gasteiger partial charge in [-0.15, -0.1) is 0 Å². The topological polar surface area (TPSA) is 67.2 Å². The molecule has 1 aromatic rings. The summed E-state index contributed by atoms with van der Waals surface area (Å²) in [7, 11) is 0. The molecule has 1 amide bonds. The van der Waals surface area contributed by atoms with Gasteiger partial charge < -0.3 is 16.4 Å². The molecule has 0 radical (unpaired) electrons. The van der Waals surface area contributed by atoms with E-state index in [9.17, 15) is 13.6 Å². The van der Waals surface area contributed by atoms with E-state index in [1.807, 2.05) is 13.8 Å². The van der Waals surface area contributed by atoms with Crippen molar-refractivity contribution in [2.75, 3.05) is 17.6 Å². The van der Waals surface area contributed by atoms with Crippen LogP contribution < -0.4 is 16.4 Å². The minimum atomic E-state index is -2.65. The SMILES string of the molecule is CC(C)CNC(=O)C(C)Nc1ccc(N)cc1C(F)F. The molecule has 4 N–H and O–H groups in total. The molecule has 0 heterocycles. The molecule has 0 aliphatic carbocycles. The summed E-state index contributed by atoms with van der Waals surface area (Å²) < 4.78 is 25.8. The Hall–Kier alpha value is -1.85. The van der Waals surface area contributed by atoms with E-state index in [0.29, 0.717) is 12.5 Å². The average Bonchev–Trinajstić information content (AvgIpc) is 2.37. The normalized spacial score (nSPS) is 12.6. The Morgan fingerprint density at radius 2 is 1.95 bits per heavy atom. The number of anilines is 2. The number of nitrogens with one attached hydrogen (secondary N) is 2. The number of amides is 1. The molecule has 0 fully saturated rings. The van der Waals surface area contributed by atoms with E-state index in [4.69, 9.17) is 5.73 Å². The maximum Gasteiger partial charge on any atom is 0.265 e. The Morgan fingerprint density at radius 1 is 1.30 bits per heavy atom. The van der Waals surface area contributed by atoms with Crippen LogP contribution in [0.4, 0.5) is 20.2 Å². The number of halogens is 2. The highest BCUT2D eigenvalue weighted by Crippen LogP contribution is 2.29. The van der Waals surface area contributed by atoms with Crippen LogP contribution in [0.5, 0.6) is 0 Å². The molecule has 0 aliphatic rings. The van der Waals surface area contributed by atoms with Gasteiger partial charge in [0.05, 0.1) is 0 Å². The van der Waals surface area contributed by atoms with Gasteiger partial charge in [-0.2, -0.15) is 0 Å². The van der Waals surface area contributed by atoms with Crippen LogP contribution in [-0.2, 0) is 4.79 Å². The van der Waals surface area contributed by atoms with E-state index < -0.39 is 12.5 Å². The van der Waals surface area contributed by atoms with Crippen LogP contribution in [0.2, 0.25) is 0 Å². The number of alkyl halides is 2. The van der Waals surface area contributed by atoms with E-state index in [1.54, 1.807) is 6.92 Å². The van der Waals surface area contributed by atoms with E-state index >= 15 is 0 Å². The standard InChI is InChI=1S/C14H21F2N3O/c1-8(2)7-18-14(20)9(3)19-12-5-4-10(17)6-11(12)13(15)16/h4-6,8-9,13,19H,7,17H2,1-3H3,(H,18,20). The van der Waals surface area contributed by atoms with Crippen molar-refractivity contribution in [1.29, 1.82) is 0 Å². The zero-order valence-corrected chi connectivity index (χ0v) is 11.9. The van der Waals surface area contributed by atoms with Gasteiger partial charge in [-0.25, -0.2) is 8.78 Å². The third-order valence-corrected chi connectivity index (χ3v) is 2.76. The number of hydrogen-bond acceptors (Lipinski definition) is 3. The molecule has 4 nitrogen and oxygen atoms in total. The first kappa shape index (κ1) is 16.2. The van der Waals surface area contributed by atoms with Crippen molar-refractivity contribution >= 4 is 17.3 Å². The predicted molar refractivity (Wildman–Crippen MR) is 76.7 cm³/mol. The van der Waals surface area contributed by atoms with Gasteiger partial charge in [-0.3, -0.25) is 4.79 Å². The van der Waals surface area contributed by atoms with Gasteiger partial charge in [0.25, 0.3) is 6.43 Å². The maximum absolute atomic E-state index is 12.9. The Balaban J connectivity index is 2.75. The Labute approximate surface area is 117 Å². The van der Waals surface area contributed by atoms with Crippen molar-refractivity contribution in [2.45, 2.75) is 33.2 Å². The lowest BCUT2D eigenvalue weighted by molar-refractivity contribution is -0.121. The first-order valence-corrected chi connectivity index (χ1v) is 6.53. The summed E-state index contributed by atoms with van der Waals surface area (Å²) in [6.45, 7) is 6.13. The molecule has 20 heavy (non-hydrogen) atoms. The number of nitrogen functional groups attached to an aromatic ring is 1. The van der Waals surface area contributed by atoms with Crippen LogP contribution in [0.1, 0.15) is 32.8 Å². The number of rotatable bonds is 6. The highest BCUT2D eigenvalue weighted by molar-refractivity contribution is 5.84. The van der Waals surface area contributed by atoms with Gasteiger partial charge in [0, 0.05) is 23.5 Å². The fraction of sp³-hybridized carbons (Fsp3) is 0.500. The number of nitrogens with two attached hydrogens (primary N) is 1. The zero-order chi connectivity index (χ0) is 15.3. The van der Waals surface area contributed by atoms with E-state index in [2.05, 4.69) is 10.6 Å². The average molecular weight is 285 g/mol. The highest BCUT2D eigenvalue weighted by Gasteiger charge is 2.18. The molecule has 0 aromatic heterocycles. The van der Waals surface area contributed by atoms with E-state index in [0.717, 1.165) is 0 Å². The third-order valence-electron chi connectivity index (χ3n) is 2.76. The van der Waals surface area contributed by atoms with Gasteiger partial charge in [0.2, 0.25) is 5.91 Å². The smallest absolute Gasteiger partial charge is 0.265 e. The number of carbonyl (C=O) groups is 1. The van der Waals surface area contributed by atoms with Crippen molar-refractivity contribution in [2.24, 2.45) is 5.92 Å². The molecule has 0 spiro atoms. The minimum Gasteiger partial charge on any atom is -0.399 e. The fourth-order valence-corrected chi connectivity index (χ4v) is 1.65. The quantitative estimate of drug-likeness (QED) is 0.704. The first-order chi connectivity index (χ1) is 9.31. The van der Waals surface area contributed by atoms with Crippen molar-refractivity contribution in [1.82, 2.24) is 5.32 Å². The molecule has 1 rings (SSSR count). The largest absolute Gasteiger partial charge is 0.399 e. The molecule has 1 atom stereocenters. The summed E-state index contributed by atoms with van der Waals surface area (Å²) in [5, 5.41) is 5.54. The minimum absolute atomic E-state index is 0.200. The van der Waals surface area contributed by atoms with Crippen LogP contribution in [0.25, 0.3) is 0 Å². The first-order valence-electron chi connectivity index (χ1n) is 6.53. The second-order valence-corrected chi connectivity index (χ2v) is 5.15. The lowest BCUT2D eigenvalue weighted by Gasteiger charge is -2.18. The second kappa shape index (κ2) is 7.07. The fourth-order valence-electron chi connectivity index (χ4n) is 1.65. The third kappa shape index (κ3) is 4.68. The molecule has 1 aromatic carbocycles. The van der Waals surface area contributed by atoms with Crippen LogP contribution in [0.15, 0.2) is 18.2 Å². The number of benzene rings is 1. The van der Waals surface area contributed by atoms with E-state index in [1.165, 1.54) is 18.2 Å². The van der Waals surface area contributed by atoms with Crippen LogP contribution in [0.3, 0.4) is 0 Å². The van der Waals surface area contributed by atoms with Crippen molar-refractivity contribution < 1.29 is 13.6 Å². The van der Waals surface area contributed by atoms with Crippen molar-refractivity contribution in [3.05, 3.63) is 23.8 Å². The number of hydrogen-bond donors (Lipinski definition) is 3. The zero-order valence-electron chi connectivity index (χ0n) is 11.9. The Morgan fingerprint density at radius 3 is 2.50 bits per heavy atom. The molecule has 1 unspecified atom stereocenters. The van der Waals surface area contributed by atoms with Crippen molar-refractivity contribution in [3.8, 4) is 0 Å². The molecule has 6 heteroatoms. The van der Waals surface area contributed by atoms with Gasteiger partial charge in [0.15, 0.2) is 0 Å². The molecule has 0 bridgehead atoms. The Bertz CT molecular complexity index is 464. The lowest BCUT2D eigenvalue weighted by atomic mass is 10.1. The summed E-state index contributed by atoms with van der Waals surface area (Å²) >= 11 is 0. The van der Waals surface area contributed by atoms with Crippen LogP contribution in [-0.4, -0.2) is 18.5 Å². The molecule has 112 valence electrons. The maximum atomic E-state index is 12.9. The molecular weight excluding hydrogens is 264 g/mol. The van der Waals surface area contributed by atoms with Gasteiger partial charge in [-0.05, 0) is 31.0 Å². The summed E-state index contributed by atoms with van der Waals surface area (Å²) in [6.07, 6.45) is -2.65. The summed E-state index contributed by atoms with van der Waals surface area (Å²) in [5.74, 6) is 0.107. The summed E-state index contributed by atoms with van der Waals surface area (Å²) in [5.41, 5.74) is 5.79. The summed E-state index contributed by atoms with van der Waals surface area (Å²) in [4.78, 5) is 11.8. The summed E-state index contributed by atoms with van der Waals surface area (Å²) in [6, 6.07) is 3.59. The van der Waals surface area contributed by atoms with Crippen molar-refractivity contribution in [3.63, 3.8) is 0 Å². The van der Waals surface area contributed by atoms with E-state index in [-0.39, 0.29) is 22.8 Å². The monoisotopic (exact) mass is 285 g/mol. The predicted octanol–water partition coefficient (Wildman–Crippen LogP) is 2.78. The van der Waals surface area contributed by atoms with Gasteiger partial charge >= 0.3 is 0 Å². The molecule has 0 aliphatic heterocycles.